The van der Waals surface area contributed by atoms with E-state index in [0.717, 1.165) is 11.1 Å². The molecule has 4 aromatic carbocycles. The summed E-state index contributed by atoms with van der Waals surface area (Å²) in [6.45, 7) is 0.778. The molecule has 0 fully saturated rings. The van der Waals surface area contributed by atoms with Gasteiger partial charge in [-0.05, 0) is 53.1 Å². The quantitative estimate of drug-likeness (QED) is 0.152. The number of amides is 1. The maximum Gasteiger partial charge on any atom is 0.247 e. The van der Waals surface area contributed by atoms with Gasteiger partial charge in [0.1, 0.15) is 30.0 Å². The minimum atomic E-state index is -0.735. The molecule has 4 aromatic rings. The molecule has 1 amide bonds. The number of carbonyl (C=O) groups is 1. The Bertz CT molecular complexity index is 1330. The van der Waals surface area contributed by atoms with Crippen LogP contribution in [0.5, 0.6) is 11.5 Å². The van der Waals surface area contributed by atoms with Gasteiger partial charge < -0.3 is 25.8 Å². The van der Waals surface area contributed by atoms with Crippen LogP contribution in [0.3, 0.4) is 0 Å². The van der Waals surface area contributed by atoms with Crippen LogP contribution in [0.25, 0.3) is 0 Å². The molecule has 0 aromatic heterocycles. The lowest BCUT2D eigenvalue weighted by Gasteiger charge is -2.22. The molecule has 7 nitrogen and oxygen atoms in total. The summed E-state index contributed by atoms with van der Waals surface area (Å²) in [6.07, 6.45) is 0. The Morgan fingerprint density at radius 2 is 1.47 bits per heavy atom. The summed E-state index contributed by atoms with van der Waals surface area (Å²) in [5.74, 6) is 0.946. The summed E-state index contributed by atoms with van der Waals surface area (Å²) in [5, 5.41) is 14.0. The molecular weight excluding hydrogens is 500 g/mol. The Kier molecular flexibility index (Phi) is 10.1. The summed E-state index contributed by atoms with van der Waals surface area (Å²) in [4.78, 5) is 13.5. The van der Waals surface area contributed by atoms with Crippen molar-refractivity contribution in [3.05, 3.63) is 125 Å². The van der Waals surface area contributed by atoms with Crippen molar-refractivity contribution in [2.24, 2.45) is 5.73 Å². The van der Waals surface area contributed by atoms with Crippen LogP contribution in [0, 0.1) is 5.41 Å². The van der Waals surface area contributed by atoms with E-state index in [4.69, 9.17) is 20.6 Å². The lowest BCUT2D eigenvalue weighted by Crippen LogP contribution is -2.33. The zero-order valence-electron chi connectivity index (χ0n) is 21.0. The lowest BCUT2D eigenvalue weighted by molar-refractivity contribution is -0.122. The zero-order chi connectivity index (χ0) is 26.0. The molecule has 38 heavy (non-hydrogen) atoms. The predicted molar refractivity (Wildman–Crippen MR) is 153 cm³/mol. The first-order chi connectivity index (χ1) is 18.0. The highest BCUT2D eigenvalue weighted by Gasteiger charge is 2.22. The molecule has 0 aliphatic heterocycles. The van der Waals surface area contributed by atoms with Gasteiger partial charge in [0, 0.05) is 23.9 Å². The number of anilines is 1. The molecule has 5 N–H and O–H groups in total. The van der Waals surface area contributed by atoms with Crippen molar-refractivity contribution >= 4 is 29.8 Å². The van der Waals surface area contributed by atoms with Crippen LogP contribution in [0.4, 0.5) is 5.69 Å². The first kappa shape index (κ1) is 28.1. The van der Waals surface area contributed by atoms with Crippen molar-refractivity contribution in [3.8, 4) is 11.5 Å². The van der Waals surface area contributed by atoms with Crippen LogP contribution in [0.1, 0.15) is 28.3 Å². The number of amidine groups is 1. The number of nitrogen functional groups attached to an aromatic ring is 1. The highest BCUT2D eigenvalue weighted by atomic mass is 35.5. The topological polar surface area (TPSA) is 109 Å². The SMILES string of the molecule is COc1cc(OCc2ccccc2)cc([C@H](Nc2ccc(C(=N)N)cc2)C(=O)NCc2ccccc2)c1.Cl. The van der Waals surface area contributed by atoms with Crippen LogP contribution in [0.15, 0.2) is 103 Å². The summed E-state index contributed by atoms with van der Waals surface area (Å²) < 4.78 is 11.6. The molecule has 0 bridgehead atoms. The second-order valence-electron chi connectivity index (χ2n) is 8.49. The molecular formula is C30H31ClN4O3. The van der Waals surface area contributed by atoms with E-state index in [1.807, 2.05) is 72.8 Å². The fourth-order valence-electron chi connectivity index (χ4n) is 3.80. The van der Waals surface area contributed by atoms with E-state index in [1.54, 1.807) is 37.4 Å². The van der Waals surface area contributed by atoms with E-state index in [0.29, 0.717) is 41.5 Å². The normalized spacial score (nSPS) is 11.0. The molecule has 8 heteroatoms. The van der Waals surface area contributed by atoms with Gasteiger partial charge in [-0.1, -0.05) is 60.7 Å². The number of ether oxygens (including phenoxy) is 2. The fraction of sp³-hybridized carbons (Fsp3) is 0.133. The van der Waals surface area contributed by atoms with Crippen molar-refractivity contribution < 1.29 is 14.3 Å². The van der Waals surface area contributed by atoms with E-state index < -0.39 is 6.04 Å². The van der Waals surface area contributed by atoms with E-state index in [2.05, 4.69) is 10.6 Å². The van der Waals surface area contributed by atoms with Gasteiger partial charge in [-0.2, -0.15) is 0 Å². The summed E-state index contributed by atoms with van der Waals surface area (Å²) in [7, 11) is 1.58. The number of hydrogen-bond acceptors (Lipinski definition) is 5. The highest BCUT2D eigenvalue weighted by Crippen LogP contribution is 2.30. The van der Waals surface area contributed by atoms with Crippen molar-refractivity contribution in [3.63, 3.8) is 0 Å². The summed E-state index contributed by atoms with van der Waals surface area (Å²) in [5.41, 5.74) is 9.62. The molecule has 1 atom stereocenters. The number of nitrogens with one attached hydrogen (secondary N) is 3. The Morgan fingerprint density at radius 3 is 2.08 bits per heavy atom. The van der Waals surface area contributed by atoms with Gasteiger partial charge in [-0.25, -0.2) is 0 Å². The maximum absolute atomic E-state index is 13.5. The van der Waals surface area contributed by atoms with E-state index in [-0.39, 0.29) is 24.1 Å². The number of rotatable bonds is 11. The number of hydrogen-bond donors (Lipinski definition) is 4. The Labute approximate surface area is 228 Å². The second-order valence-corrected chi connectivity index (χ2v) is 8.49. The number of benzene rings is 4. The summed E-state index contributed by atoms with van der Waals surface area (Å²) in [6, 6.07) is 31.4. The number of methoxy groups -OCH3 is 1. The lowest BCUT2D eigenvalue weighted by atomic mass is 10.0. The van der Waals surface area contributed by atoms with Gasteiger partial charge in [-0.3, -0.25) is 10.2 Å². The standard InChI is InChI=1S/C30H30N4O3.ClH/c1-36-26-16-24(17-27(18-26)37-20-22-10-6-3-7-11-22)28(30(35)33-19-21-8-4-2-5-9-21)34-25-14-12-23(13-15-25)29(31)32;/h2-18,28,34H,19-20H2,1H3,(H3,31,32)(H,33,35);1H/t28-;/m0./s1. The first-order valence-electron chi connectivity index (χ1n) is 11.9. The second kappa shape index (κ2) is 13.7. The molecule has 0 aliphatic carbocycles. The molecule has 196 valence electrons. The van der Waals surface area contributed by atoms with E-state index in [1.165, 1.54) is 0 Å². The Balaban J connectivity index is 0.00000400. The van der Waals surface area contributed by atoms with Gasteiger partial charge in [0.15, 0.2) is 0 Å². The van der Waals surface area contributed by atoms with E-state index in [9.17, 15) is 4.79 Å². The van der Waals surface area contributed by atoms with Crippen molar-refractivity contribution in [2.75, 3.05) is 12.4 Å². The number of nitrogens with two attached hydrogens (primary N) is 1. The van der Waals surface area contributed by atoms with Crippen LogP contribution < -0.4 is 25.8 Å². The van der Waals surface area contributed by atoms with E-state index >= 15 is 0 Å². The zero-order valence-corrected chi connectivity index (χ0v) is 21.8. The smallest absolute Gasteiger partial charge is 0.247 e. The molecule has 0 spiro atoms. The van der Waals surface area contributed by atoms with Crippen molar-refractivity contribution in [1.82, 2.24) is 5.32 Å². The van der Waals surface area contributed by atoms with Crippen LogP contribution in [-0.2, 0) is 17.9 Å². The van der Waals surface area contributed by atoms with Crippen molar-refractivity contribution in [2.45, 2.75) is 19.2 Å². The third-order valence-electron chi connectivity index (χ3n) is 5.80. The molecule has 0 aliphatic rings. The maximum atomic E-state index is 13.5. The highest BCUT2D eigenvalue weighted by molar-refractivity contribution is 5.95. The first-order valence-corrected chi connectivity index (χ1v) is 11.9. The minimum absolute atomic E-state index is 0. The number of carbonyl (C=O) groups excluding carboxylic acids is 1. The average molecular weight is 531 g/mol. The molecule has 0 saturated heterocycles. The third kappa shape index (κ3) is 7.75. The predicted octanol–water partition coefficient (Wildman–Crippen LogP) is 5.45. The van der Waals surface area contributed by atoms with Gasteiger partial charge in [0.25, 0.3) is 0 Å². The van der Waals surface area contributed by atoms with Crippen LogP contribution in [0.2, 0.25) is 0 Å². The largest absolute Gasteiger partial charge is 0.497 e. The Hall–Kier alpha value is -4.49. The molecule has 0 radical (unpaired) electrons. The molecule has 0 saturated carbocycles. The summed E-state index contributed by atoms with van der Waals surface area (Å²) >= 11 is 0. The van der Waals surface area contributed by atoms with Gasteiger partial charge >= 0.3 is 0 Å². The monoisotopic (exact) mass is 530 g/mol. The van der Waals surface area contributed by atoms with Crippen LogP contribution >= 0.6 is 12.4 Å². The van der Waals surface area contributed by atoms with Gasteiger partial charge in [0.05, 0.1) is 7.11 Å². The molecule has 0 heterocycles. The number of halogens is 1. The fourth-order valence-corrected chi connectivity index (χ4v) is 3.80. The average Bonchev–Trinajstić information content (AvgIpc) is 2.94. The molecule has 4 rings (SSSR count). The minimum Gasteiger partial charge on any atom is -0.497 e. The third-order valence-corrected chi connectivity index (χ3v) is 5.80. The van der Waals surface area contributed by atoms with Gasteiger partial charge in [-0.15, -0.1) is 12.4 Å². The van der Waals surface area contributed by atoms with Crippen molar-refractivity contribution in [1.29, 1.82) is 5.41 Å². The molecule has 0 unspecified atom stereocenters. The van der Waals surface area contributed by atoms with Gasteiger partial charge in [0.2, 0.25) is 5.91 Å². The Morgan fingerprint density at radius 1 is 0.868 bits per heavy atom. The van der Waals surface area contributed by atoms with Crippen LogP contribution in [-0.4, -0.2) is 18.9 Å².